The van der Waals surface area contributed by atoms with Crippen LogP contribution >= 0.6 is 23.7 Å². The molecule has 0 bridgehead atoms. The lowest BCUT2D eigenvalue weighted by Crippen LogP contribution is -2.55. The molecule has 0 atom stereocenters. The molecule has 0 saturated heterocycles. The molecule has 2 aromatic rings. The molecular weight excluding hydrogens is 508 g/mol. The summed E-state index contributed by atoms with van der Waals surface area (Å²) in [5.74, 6) is -0.722. The zero-order valence-corrected chi connectivity index (χ0v) is 23.7. The molecule has 1 aromatic carbocycles. The topological polar surface area (TPSA) is 102 Å². The number of sulfone groups is 1. The number of hydrogen-bond donors (Lipinski definition) is 2. The van der Waals surface area contributed by atoms with E-state index in [1.807, 2.05) is 0 Å². The zero-order valence-electron chi connectivity index (χ0n) is 21.3. The number of carbonyl (C=O) groups is 2. The van der Waals surface area contributed by atoms with Gasteiger partial charge in [0.1, 0.15) is 5.00 Å². The molecule has 0 saturated carbocycles. The lowest BCUT2D eigenvalue weighted by atomic mass is 9.81. The number of carbonyl (C=O) groups excluding carboxylic acids is 2. The van der Waals surface area contributed by atoms with Crippen molar-refractivity contribution in [3.05, 3.63) is 45.8 Å². The zero-order chi connectivity index (χ0) is 25.5. The second-order valence-corrected chi connectivity index (χ2v) is 13.6. The molecule has 10 heteroatoms. The monoisotopic (exact) mass is 542 g/mol. The van der Waals surface area contributed by atoms with Gasteiger partial charge in [-0.1, -0.05) is 12.1 Å². The van der Waals surface area contributed by atoms with Crippen molar-refractivity contribution >= 4 is 50.5 Å². The highest BCUT2D eigenvalue weighted by Gasteiger charge is 2.42. The van der Waals surface area contributed by atoms with Crippen LogP contribution in [0.25, 0.3) is 0 Å². The third-order valence-corrected chi connectivity index (χ3v) is 9.46. The molecule has 35 heavy (non-hydrogen) atoms. The van der Waals surface area contributed by atoms with Gasteiger partial charge in [0.15, 0.2) is 9.84 Å². The van der Waals surface area contributed by atoms with Gasteiger partial charge in [-0.3, -0.25) is 4.79 Å². The number of hydrogen-bond acceptors (Lipinski definition) is 7. The number of halogens is 1. The minimum atomic E-state index is -3.37. The van der Waals surface area contributed by atoms with Crippen molar-refractivity contribution in [2.75, 3.05) is 11.9 Å². The van der Waals surface area contributed by atoms with Crippen molar-refractivity contribution in [2.45, 2.75) is 82.5 Å². The molecule has 1 aliphatic rings. The Labute approximate surface area is 218 Å². The highest BCUT2D eigenvalue weighted by molar-refractivity contribution is 7.92. The summed E-state index contributed by atoms with van der Waals surface area (Å²) in [6.07, 6.45) is 0.693. The summed E-state index contributed by atoms with van der Waals surface area (Å²) in [5.41, 5.74) is 1.43. The molecule has 0 unspecified atom stereocenters. The number of fused-ring (bicyclic) bond motifs is 1. The molecule has 7 nitrogen and oxygen atoms in total. The van der Waals surface area contributed by atoms with Crippen LogP contribution in [0.3, 0.4) is 0 Å². The van der Waals surface area contributed by atoms with Crippen LogP contribution in [0.2, 0.25) is 0 Å². The third-order valence-electron chi connectivity index (χ3n) is 5.81. The first-order valence-corrected chi connectivity index (χ1v) is 13.8. The van der Waals surface area contributed by atoms with Crippen molar-refractivity contribution < 1.29 is 22.7 Å². The van der Waals surface area contributed by atoms with Crippen LogP contribution in [0.1, 0.15) is 74.8 Å². The Balaban J connectivity index is 0.00000432. The quantitative estimate of drug-likeness (QED) is 0.484. The number of benzene rings is 1. The van der Waals surface area contributed by atoms with Gasteiger partial charge in [-0.2, -0.15) is 0 Å². The minimum absolute atomic E-state index is 0. The number of ether oxygens (including phenoxy) is 1. The van der Waals surface area contributed by atoms with Crippen LogP contribution < -0.4 is 10.6 Å². The molecule has 0 aliphatic carbocycles. The van der Waals surface area contributed by atoms with Crippen LogP contribution in [0.4, 0.5) is 5.00 Å². The molecule has 0 radical (unpaired) electrons. The summed E-state index contributed by atoms with van der Waals surface area (Å²) in [6, 6.07) is 6.36. The average molecular weight is 543 g/mol. The Morgan fingerprint density at radius 1 is 1.14 bits per heavy atom. The van der Waals surface area contributed by atoms with E-state index in [4.69, 9.17) is 4.74 Å². The van der Waals surface area contributed by atoms with Gasteiger partial charge < -0.3 is 15.4 Å². The average Bonchev–Trinajstić information content (AvgIpc) is 3.05. The predicted molar refractivity (Wildman–Crippen MR) is 143 cm³/mol. The molecule has 2 heterocycles. The Morgan fingerprint density at radius 3 is 2.29 bits per heavy atom. The summed E-state index contributed by atoms with van der Waals surface area (Å²) in [5, 5.41) is 6.50. The SMILES string of the molecule is CCOC(=O)c1c(NC(=O)Cc2ccc(S(=O)(=O)C(C)C)cc2)sc2c1CC(C)(C)NC2(C)C.Cl. The van der Waals surface area contributed by atoms with E-state index in [0.29, 0.717) is 22.5 Å². The molecule has 3 rings (SSSR count). The number of thiophene rings is 1. The van der Waals surface area contributed by atoms with E-state index in [1.54, 1.807) is 32.9 Å². The van der Waals surface area contributed by atoms with Crippen LogP contribution in [-0.4, -0.2) is 37.7 Å². The maximum atomic E-state index is 12.9. The van der Waals surface area contributed by atoms with Gasteiger partial charge in [0.05, 0.1) is 28.7 Å². The van der Waals surface area contributed by atoms with Crippen molar-refractivity contribution in [2.24, 2.45) is 0 Å². The normalized spacial score (nSPS) is 16.2. The highest BCUT2D eigenvalue weighted by Crippen LogP contribution is 2.45. The van der Waals surface area contributed by atoms with Gasteiger partial charge in [-0.25, -0.2) is 13.2 Å². The summed E-state index contributed by atoms with van der Waals surface area (Å²) >= 11 is 1.40. The Hall–Kier alpha value is -1.94. The second-order valence-electron chi connectivity index (χ2n) is 10.1. The third kappa shape index (κ3) is 6.25. The lowest BCUT2D eigenvalue weighted by Gasteiger charge is -2.42. The molecule has 0 fully saturated rings. The van der Waals surface area contributed by atoms with Crippen molar-refractivity contribution in [3.8, 4) is 0 Å². The Morgan fingerprint density at radius 2 is 1.74 bits per heavy atom. The summed E-state index contributed by atoms with van der Waals surface area (Å²) in [4.78, 5) is 27.1. The van der Waals surface area contributed by atoms with Crippen LogP contribution in [0, 0.1) is 0 Å². The van der Waals surface area contributed by atoms with Crippen LogP contribution in [-0.2, 0) is 37.7 Å². The highest BCUT2D eigenvalue weighted by atomic mass is 35.5. The van der Waals surface area contributed by atoms with Gasteiger partial charge >= 0.3 is 5.97 Å². The number of nitrogens with one attached hydrogen (secondary N) is 2. The fourth-order valence-electron chi connectivity index (χ4n) is 4.46. The van der Waals surface area contributed by atoms with Crippen LogP contribution in [0.5, 0.6) is 0 Å². The van der Waals surface area contributed by atoms with E-state index in [0.717, 1.165) is 10.4 Å². The summed E-state index contributed by atoms with van der Waals surface area (Å²) in [7, 11) is -3.37. The van der Waals surface area contributed by atoms with E-state index in [-0.39, 0.29) is 47.3 Å². The number of amides is 1. The van der Waals surface area contributed by atoms with E-state index < -0.39 is 21.1 Å². The Kier molecular flexibility index (Phi) is 8.86. The maximum absolute atomic E-state index is 12.9. The smallest absolute Gasteiger partial charge is 0.341 e. The number of rotatable bonds is 7. The first-order valence-electron chi connectivity index (χ1n) is 11.4. The van der Waals surface area contributed by atoms with Crippen LogP contribution in [0.15, 0.2) is 29.2 Å². The van der Waals surface area contributed by atoms with Gasteiger partial charge in [-0.05, 0) is 78.1 Å². The van der Waals surface area contributed by atoms with Gasteiger partial charge in [0, 0.05) is 16.0 Å². The minimum Gasteiger partial charge on any atom is -0.462 e. The largest absolute Gasteiger partial charge is 0.462 e. The number of anilines is 1. The molecule has 0 spiro atoms. The molecule has 1 aliphatic heterocycles. The first-order chi connectivity index (χ1) is 15.7. The standard InChI is InChI=1S/C25H34N2O5S2.ClH/c1-8-32-23(29)20-18-14-24(4,5)27-25(6,7)21(18)33-22(20)26-19(28)13-16-9-11-17(12-10-16)34(30,31)15(2)3;/h9-12,15,27H,8,13-14H2,1-7H3,(H,26,28);1H. The van der Waals surface area contributed by atoms with Crippen molar-refractivity contribution in [3.63, 3.8) is 0 Å². The van der Waals surface area contributed by atoms with E-state index in [2.05, 4.69) is 38.3 Å². The maximum Gasteiger partial charge on any atom is 0.341 e. The Bertz CT molecular complexity index is 1200. The second kappa shape index (κ2) is 10.6. The van der Waals surface area contributed by atoms with Gasteiger partial charge in [-0.15, -0.1) is 23.7 Å². The lowest BCUT2D eigenvalue weighted by molar-refractivity contribution is -0.115. The van der Waals surface area contributed by atoms with Crippen molar-refractivity contribution in [1.82, 2.24) is 5.32 Å². The predicted octanol–water partition coefficient (Wildman–Crippen LogP) is 4.87. The molecule has 1 amide bonds. The molecular formula is C25H35ClN2O5S2. The fourth-order valence-corrected chi connectivity index (χ4v) is 6.80. The van der Waals surface area contributed by atoms with E-state index in [1.165, 1.54) is 23.5 Å². The summed E-state index contributed by atoms with van der Waals surface area (Å²) < 4.78 is 30.0. The van der Waals surface area contributed by atoms with Gasteiger partial charge in [0.2, 0.25) is 5.91 Å². The fraction of sp³-hybridized carbons (Fsp3) is 0.520. The number of esters is 1. The van der Waals surface area contributed by atoms with Gasteiger partial charge in [0.25, 0.3) is 0 Å². The molecule has 1 aromatic heterocycles. The first kappa shape index (κ1) is 29.3. The van der Waals surface area contributed by atoms with Crippen molar-refractivity contribution in [1.29, 1.82) is 0 Å². The molecule has 2 N–H and O–H groups in total. The molecule has 194 valence electrons. The van der Waals surface area contributed by atoms with E-state index >= 15 is 0 Å². The summed E-state index contributed by atoms with van der Waals surface area (Å²) in [6.45, 7) is 13.6. The van der Waals surface area contributed by atoms with E-state index in [9.17, 15) is 18.0 Å².